The average molecular weight is 504 g/mol. The van der Waals surface area contributed by atoms with Crippen LogP contribution in [-0.4, -0.2) is 5.97 Å². The van der Waals surface area contributed by atoms with E-state index in [4.69, 9.17) is 4.74 Å². The molecule has 3 aromatic rings. The van der Waals surface area contributed by atoms with Gasteiger partial charge in [-0.15, -0.1) is 6.58 Å². The summed E-state index contributed by atoms with van der Waals surface area (Å²) in [4.78, 5) is 12.6. The number of fused-ring (bicyclic) bond motifs is 3. The molecule has 0 bridgehead atoms. The van der Waals surface area contributed by atoms with Crippen LogP contribution < -0.4 is 4.74 Å². The van der Waals surface area contributed by atoms with Crippen molar-refractivity contribution < 1.29 is 35.9 Å². The van der Waals surface area contributed by atoms with Gasteiger partial charge in [0.05, 0.1) is 5.56 Å². The van der Waals surface area contributed by atoms with E-state index >= 15 is 13.2 Å². The standard InChI is InChI=1S/C28H22F6O2/c1-3-5-7-15-9-13-19(25(32)23(15)30)36-28(35)18-12-11-17-16-10-8-14(6-4-2)22(29)20(16)26(33)27(34)21(17)24(18)31/h3,8-13,26-27H,1,4-7H2,2H3. The van der Waals surface area contributed by atoms with Gasteiger partial charge in [-0.2, -0.15) is 4.39 Å². The van der Waals surface area contributed by atoms with E-state index in [1.54, 1.807) is 0 Å². The van der Waals surface area contributed by atoms with E-state index in [0.717, 1.165) is 18.2 Å². The minimum atomic E-state index is -2.59. The van der Waals surface area contributed by atoms with Crippen LogP contribution in [0, 0.1) is 23.3 Å². The van der Waals surface area contributed by atoms with Gasteiger partial charge in [0.25, 0.3) is 0 Å². The van der Waals surface area contributed by atoms with E-state index in [1.807, 2.05) is 6.92 Å². The van der Waals surface area contributed by atoms with E-state index in [9.17, 15) is 18.0 Å². The molecule has 2 unspecified atom stereocenters. The van der Waals surface area contributed by atoms with Crippen molar-refractivity contribution in [3.8, 4) is 16.9 Å². The van der Waals surface area contributed by atoms with Gasteiger partial charge in [-0.05, 0) is 53.6 Å². The topological polar surface area (TPSA) is 26.3 Å². The number of carbonyl (C=O) groups excluding carboxylic acids is 1. The molecule has 1 aliphatic rings. The molecule has 0 saturated heterocycles. The molecule has 8 heteroatoms. The molecule has 0 heterocycles. The highest BCUT2D eigenvalue weighted by Crippen LogP contribution is 2.51. The lowest BCUT2D eigenvalue weighted by atomic mass is 9.80. The molecule has 0 N–H and O–H groups in total. The maximum absolute atomic E-state index is 15.3. The van der Waals surface area contributed by atoms with Crippen molar-refractivity contribution in [1.29, 1.82) is 0 Å². The predicted octanol–water partition coefficient (Wildman–Crippen LogP) is 8.24. The number of benzene rings is 3. The normalized spacial score (nSPS) is 16.3. The fraction of sp³-hybridized carbons (Fsp3) is 0.250. The number of rotatable bonds is 7. The Balaban J connectivity index is 1.71. The van der Waals surface area contributed by atoms with Gasteiger partial charge in [0, 0.05) is 11.1 Å². The number of aryl methyl sites for hydroxylation is 2. The maximum atomic E-state index is 15.3. The molecule has 0 aliphatic heterocycles. The van der Waals surface area contributed by atoms with Gasteiger partial charge in [-0.1, -0.05) is 43.7 Å². The monoisotopic (exact) mass is 504 g/mol. The Bertz CT molecular complexity index is 1350. The molecule has 0 amide bonds. The Labute approximate surface area is 204 Å². The van der Waals surface area contributed by atoms with Crippen LogP contribution in [0.25, 0.3) is 11.1 Å². The summed E-state index contributed by atoms with van der Waals surface area (Å²) in [6, 6.07) is 7.18. The van der Waals surface area contributed by atoms with Crippen LogP contribution >= 0.6 is 0 Å². The van der Waals surface area contributed by atoms with Crippen molar-refractivity contribution in [1.82, 2.24) is 0 Å². The van der Waals surface area contributed by atoms with E-state index in [1.165, 1.54) is 24.3 Å². The third-order valence-corrected chi connectivity index (χ3v) is 6.22. The van der Waals surface area contributed by atoms with Crippen LogP contribution in [0.4, 0.5) is 26.3 Å². The second kappa shape index (κ2) is 10.2. The Kier molecular flexibility index (Phi) is 7.24. The second-order valence-corrected chi connectivity index (χ2v) is 8.51. The number of esters is 1. The molecule has 4 rings (SSSR count). The van der Waals surface area contributed by atoms with Gasteiger partial charge in [0.2, 0.25) is 5.82 Å². The fourth-order valence-electron chi connectivity index (χ4n) is 4.41. The summed E-state index contributed by atoms with van der Waals surface area (Å²) in [6.45, 7) is 5.32. The van der Waals surface area contributed by atoms with Crippen LogP contribution in [0.1, 0.15) is 64.7 Å². The Morgan fingerprint density at radius 3 is 2.06 bits per heavy atom. The van der Waals surface area contributed by atoms with Crippen LogP contribution in [-0.2, 0) is 12.8 Å². The lowest BCUT2D eigenvalue weighted by molar-refractivity contribution is 0.0720. The van der Waals surface area contributed by atoms with Crippen LogP contribution in [0.2, 0.25) is 0 Å². The first-order valence-corrected chi connectivity index (χ1v) is 11.4. The molecule has 0 aromatic heterocycles. The van der Waals surface area contributed by atoms with Gasteiger partial charge in [0.15, 0.2) is 23.9 Å². The van der Waals surface area contributed by atoms with Crippen molar-refractivity contribution in [2.45, 2.75) is 45.0 Å². The van der Waals surface area contributed by atoms with Gasteiger partial charge in [-0.3, -0.25) is 0 Å². The molecule has 188 valence electrons. The number of allylic oxidation sites excluding steroid dienone is 1. The zero-order chi connectivity index (χ0) is 26.1. The summed E-state index contributed by atoms with van der Waals surface area (Å²) in [7, 11) is 0. The van der Waals surface area contributed by atoms with Crippen molar-refractivity contribution in [2.75, 3.05) is 0 Å². The third kappa shape index (κ3) is 4.29. The van der Waals surface area contributed by atoms with Crippen molar-refractivity contribution in [3.63, 3.8) is 0 Å². The smallest absolute Gasteiger partial charge is 0.346 e. The lowest BCUT2D eigenvalue weighted by Gasteiger charge is -2.28. The van der Waals surface area contributed by atoms with Gasteiger partial charge >= 0.3 is 5.97 Å². The van der Waals surface area contributed by atoms with Crippen LogP contribution in [0.5, 0.6) is 5.75 Å². The molecule has 2 nitrogen and oxygen atoms in total. The second-order valence-electron chi connectivity index (χ2n) is 8.51. The van der Waals surface area contributed by atoms with E-state index in [-0.39, 0.29) is 28.7 Å². The highest BCUT2D eigenvalue weighted by Gasteiger charge is 2.40. The summed E-state index contributed by atoms with van der Waals surface area (Å²) >= 11 is 0. The number of hydrogen-bond acceptors (Lipinski definition) is 2. The van der Waals surface area contributed by atoms with E-state index in [0.29, 0.717) is 19.3 Å². The Morgan fingerprint density at radius 2 is 1.42 bits per heavy atom. The first-order chi connectivity index (χ1) is 17.2. The molecule has 0 fully saturated rings. The SMILES string of the molecule is C=CCCc1ccc(OC(=O)c2ccc3c(c2F)C(F)C(F)c2c-3ccc(CCC)c2F)c(F)c1F. The third-order valence-electron chi connectivity index (χ3n) is 6.22. The van der Waals surface area contributed by atoms with E-state index in [2.05, 4.69) is 6.58 Å². The molecule has 0 saturated carbocycles. The molecule has 1 aliphatic carbocycles. The predicted molar refractivity (Wildman–Crippen MR) is 123 cm³/mol. The molecular formula is C28H22F6O2. The average Bonchev–Trinajstić information content (AvgIpc) is 2.86. The number of ether oxygens (including phenoxy) is 1. The number of hydrogen-bond donors (Lipinski definition) is 0. The lowest BCUT2D eigenvalue weighted by Crippen LogP contribution is -2.19. The Hall–Kier alpha value is -3.55. The first kappa shape index (κ1) is 25.5. The molecule has 0 spiro atoms. The largest absolute Gasteiger partial charge is 0.420 e. The molecule has 3 aromatic carbocycles. The quantitative estimate of drug-likeness (QED) is 0.140. The molecule has 0 radical (unpaired) electrons. The van der Waals surface area contributed by atoms with Gasteiger partial charge in [-0.25, -0.2) is 26.7 Å². The summed E-state index contributed by atoms with van der Waals surface area (Å²) in [6.07, 6.45) is -2.09. The minimum absolute atomic E-state index is 0.0224. The van der Waals surface area contributed by atoms with E-state index < -0.39 is 64.0 Å². The zero-order valence-corrected chi connectivity index (χ0v) is 19.3. The molecule has 36 heavy (non-hydrogen) atoms. The van der Waals surface area contributed by atoms with Gasteiger partial charge < -0.3 is 4.74 Å². The number of halogens is 6. The van der Waals surface area contributed by atoms with Gasteiger partial charge in [0.1, 0.15) is 11.6 Å². The summed E-state index contributed by atoms with van der Waals surface area (Å²) in [5.41, 5.74) is -1.93. The van der Waals surface area contributed by atoms with Crippen molar-refractivity contribution in [2.24, 2.45) is 0 Å². The zero-order valence-electron chi connectivity index (χ0n) is 19.3. The van der Waals surface area contributed by atoms with Crippen molar-refractivity contribution in [3.05, 3.63) is 100 Å². The summed E-state index contributed by atoms with van der Waals surface area (Å²) in [5.74, 6) is -7.17. The number of alkyl halides is 2. The molecule has 2 atom stereocenters. The minimum Gasteiger partial charge on any atom is -0.420 e. The van der Waals surface area contributed by atoms with Crippen LogP contribution in [0.3, 0.4) is 0 Å². The first-order valence-electron chi connectivity index (χ1n) is 11.4. The van der Waals surface area contributed by atoms with Crippen LogP contribution in [0.15, 0.2) is 49.1 Å². The maximum Gasteiger partial charge on any atom is 0.346 e. The van der Waals surface area contributed by atoms with Crippen molar-refractivity contribution >= 4 is 5.97 Å². The fourth-order valence-corrected chi connectivity index (χ4v) is 4.41. The summed E-state index contributed by atoms with van der Waals surface area (Å²) < 4.78 is 93.9. The summed E-state index contributed by atoms with van der Waals surface area (Å²) in [5, 5.41) is 0. The highest BCUT2D eigenvalue weighted by molar-refractivity contribution is 5.93. The highest BCUT2D eigenvalue weighted by atomic mass is 19.2. The Morgan fingerprint density at radius 1 is 0.833 bits per heavy atom. The molecular weight excluding hydrogens is 482 g/mol. The number of carbonyl (C=O) groups is 1.